The van der Waals surface area contributed by atoms with Crippen molar-refractivity contribution in [3.8, 4) is 0 Å². The number of hydrogen-bond donors (Lipinski definition) is 0. The number of fused-ring (bicyclic) bond motifs is 1. The monoisotopic (exact) mass is 211 g/mol. The van der Waals surface area contributed by atoms with Gasteiger partial charge in [0.25, 0.3) is 0 Å². The minimum Gasteiger partial charge on any atom is -0.348 e. The van der Waals surface area contributed by atoms with Crippen molar-refractivity contribution in [3.05, 3.63) is 12.2 Å². The highest BCUT2D eigenvalue weighted by atomic mass is 16.7. The summed E-state index contributed by atoms with van der Waals surface area (Å²) in [4.78, 5) is 2.41. The van der Waals surface area contributed by atoms with Crippen molar-refractivity contribution in [2.75, 3.05) is 20.3 Å². The van der Waals surface area contributed by atoms with E-state index in [0.29, 0.717) is 6.04 Å². The van der Waals surface area contributed by atoms with Crippen LogP contribution < -0.4 is 0 Å². The van der Waals surface area contributed by atoms with Crippen LogP contribution in [0.4, 0.5) is 0 Å². The Hall–Kier alpha value is -0.380. The molecule has 0 spiro atoms. The predicted octanol–water partition coefficient (Wildman–Crippen LogP) is 1.79. The molecule has 86 valence electrons. The van der Waals surface area contributed by atoms with Gasteiger partial charge in [0.1, 0.15) is 0 Å². The van der Waals surface area contributed by atoms with Gasteiger partial charge in [-0.15, -0.1) is 0 Å². The normalized spacial score (nSPS) is 46.9. The van der Waals surface area contributed by atoms with Crippen molar-refractivity contribution < 1.29 is 9.47 Å². The maximum Gasteiger partial charge on any atom is 0.205 e. The molecule has 3 nitrogen and oxygen atoms in total. The molecule has 15 heavy (non-hydrogen) atoms. The van der Waals surface area contributed by atoms with Gasteiger partial charge < -0.3 is 9.47 Å². The fourth-order valence-electron chi connectivity index (χ4n) is 2.81. The van der Waals surface area contributed by atoms with Crippen LogP contribution in [0.5, 0.6) is 0 Å². The van der Waals surface area contributed by atoms with E-state index in [4.69, 9.17) is 9.47 Å². The fraction of sp³-hybridized carbons (Fsp3) is 0.833. The molecule has 2 aliphatic rings. The second kappa shape index (κ2) is 3.58. The van der Waals surface area contributed by atoms with Crippen LogP contribution in [-0.2, 0) is 9.47 Å². The predicted molar refractivity (Wildman–Crippen MR) is 59.7 cm³/mol. The van der Waals surface area contributed by atoms with Crippen LogP contribution in [0.25, 0.3) is 0 Å². The van der Waals surface area contributed by atoms with Gasteiger partial charge in [-0.1, -0.05) is 19.9 Å². The van der Waals surface area contributed by atoms with E-state index in [-0.39, 0.29) is 5.54 Å². The summed E-state index contributed by atoms with van der Waals surface area (Å²) in [5.74, 6) is -0.499. The zero-order valence-electron chi connectivity index (χ0n) is 10.1. The van der Waals surface area contributed by atoms with E-state index in [1.54, 1.807) is 7.11 Å². The molecule has 4 atom stereocenters. The van der Waals surface area contributed by atoms with E-state index in [0.717, 1.165) is 19.6 Å². The highest BCUT2D eigenvalue weighted by molar-refractivity contribution is 5.38. The lowest BCUT2D eigenvalue weighted by atomic mass is 10.1. The topological polar surface area (TPSA) is 21.5 Å². The molecule has 1 heterocycles. The summed E-state index contributed by atoms with van der Waals surface area (Å²) in [5.41, 5.74) is 0.165. The Morgan fingerprint density at radius 3 is 2.53 bits per heavy atom. The Morgan fingerprint density at radius 2 is 2.07 bits per heavy atom. The lowest BCUT2D eigenvalue weighted by Gasteiger charge is -2.28. The molecule has 1 aliphatic heterocycles. The van der Waals surface area contributed by atoms with Crippen LogP contribution in [0, 0.1) is 0 Å². The molecule has 0 saturated carbocycles. The Labute approximate surface area is 92.0 Å². The van der Waals surface area contributed by atoms with E-state index < -0.39 is 5.79 Å². The summed E-state index contributed by atoms with van der Waals surface area (Å²) >= 11 is 0. The third kappa shape index (κ3) is 1.37. The molecular weight excluding hydrogens is 190 g/mol. The van der Waals surface area contributed by atoms with Crippen LogP contribution in [-0.4, -0.2) is 42.5 Å². The molecule has 0 radical (unpaired) electrons. The van der Waals surface area contributed by atoms with Crippen LogP contribution in [0.3, 0.4) is 0 Å². The molecular formula is C12H21NO2. The average molecular weight is 211 g/mol. The zero-order chi connectivity index (χ0) is 11.1. The third-order valence-electron chi connectivity index (χ3n) is 3.64. The van der Waals surface area contributed by atoms with Gasteiger partial charge >= 0.3 is 0 Å². The van der Waals surface area contributed by atoms with E-state index in [1.165, 1.54) is 0 Å². The zero-order valence-corrected chi connectivity index (χ0v) is 10.1. The Morgan fingerprint density at radius 1 is 1.33 bits per heavy atom. The van der Waals surface area contributed by atoms with Crippen molar-refractivity contribution in [1.29, 1.82) is 0 Å². The molecule has 1 aliphatic carbocycles. The first-order chi connectivity index (χ1) is 7.14. The molecule has 0 bridgehead atoms. The van der Waals surface area contributed by atoms with Gasteiger partial charge in [-0.05, 0) is 26.0 Å². The lowest BCUT2D eigenvalue weighted by molar-refractivity contribution is -0.191. The molecule has 0 aromatic rings. The second-order valence-electron chi connectivity index (χ2n) is 4.52. The van der Waals surface area contributed by atoms with Crippen LogP contribution in [0.1, 0.15) is 27.2 Å². The Balaban J connectivity index is 2.13. The number of ether oxygens (including phenoxy) is 2. The van der Waals surface area contributed by atoms with Crippen LogP contribution >= 0.6 is 0 Å². The smallest absolute Gasteiger partial charge is 0.205 e. The van der Waals surface area contributed by atoms with Crippen molar-refractivity contribution in [2.45, 2.75) is 44.6 Å². The van der Waals surface area contributed by atoms with Gasteiger partial charge in [0, 0.05) is 7.11 Å². The summed E-state index contributed by atoms with van der Waals surface area (Å²) < 4.78 is 11.5. The minimum atomic E-state index is -0.499. The minimum absolute atomic E-state index is 0.165. The molecule has 1 fully saturated rings. The Kier molecular flexibility index (Phi) is 2.65. The van der Waals surface area contributed by atoms with Gasteiger partial charge in [-0.25, -0.2) is 0 Å². The van der Waals surface area contributed by atoms with Crippen LogP contribution in [0.15, 0.2) is 12.2 Å². The lowest BCUT2D eigenvalue weighted by Crippen LogP contribution is -2.40. The van der Waals surface area contributed by atoms with Gasteiger partial charge in [0.05, 0.1) is 18.2 Å². The van der Waals surface area contributed by atoms with Gasteiger partial charge in [0.2, 0.25) is 5.79 Å². The molecule has 0 N–H and O–H groups in total. The number of likely N-dealkylation sites (N-methyl/N-ethyl adjacent to an activating group) is 1. The summed E-state index contributed by atoms with van der Waals surface area (Å²) in [6.07, 6.45) is 5.33. The van der Waals surface area contributed by atoms with Crippen molar-refractivity contribution in [3.63, 3.8) is 0 Å². The highest BCUT2D eigenvalue weighted by Crippen LogP contribution is 2.54. The SMILES string of the molecule is CCCO[C@]1(OC)C=C[C@@]2(C)C1N2CC. The van der Waals surface area contributed by atoms with Gasteiger partial charge in [0.15, 0.2) is 0 Å². The van der Waals surface area contributed by atoms with E-state index in [2.05, 4.69) is 37.8 Å². The second-order valence-corrected chi connectivity index (χ2v) is 4.52. The first-order valence-electron chi connectivity index (χ1n) is 5.81. The fourth-order valence-corrected chi connectivity index (χ4v) is 2.81. The quantitative estimate of drug-likeness (QED) is 0.393. The number of nitrogens with zero attached hydrogens (tertiary/aromatic N) is 1. The van der Waals surface area contributed by atoms with E-state index >= 15 is 0 Å². The van der Waals surface area contributed by atoms with Crippen molar-refractivity contribution >= 4 is 0 Å². The first-order valence-corrected chi connectivity index (χ1v) is 5.81. The molecule has 2 rings (SSSR count). The average Bonchev–Trinajstić information content (AvgIpc) is 2.75. The number of hydrogen-bond acceptors (Lipinski definition) is 3. The van der Waals surface area contributed by atoms with Crippen molar-refractivity contribution in [2.24, 2.45) is 0 Å². The van der Waals surface area contributed by atoms with E-state index in [9.17, 15) is 0 Å². The number of methoxy groups -OCH3 is 1. The molecule has 0 amide bonds. The standard InChI is InChI=1S/C12H21NO2/c1-5-9-15-12(14-4)8-7-11(3)10(12)13(11)6-2/h7-8,10H,5-6,9H2,1-4H3/t10?,11-,12+,13?/m0/s1. The van der Waals surface area contributed by atoms with Crippen LogP contribution in [0.2, 0.25) is 0 Å². The summed E-state index contributed by atoms with van der Waals surface area (Å²) in [6, 6.07) is 0.367. The summed E-state index contributed by atoms with van der Waals surface area (Å²) in [7, 11) is 1.73. The molecule has 0 aromatic heterocycles. The largest absolute Gasteiger partial charge is 0.348 e. The van der Waals surface area contributed by atoms with Gasteiger partial charge in [-0.2, -0.15) is 0 Å². The highest BCUT2D eigenvalue weighted by Gasteiger charge is 2.70. The first kappa shape index (κ1) is 11.1. The number of rotatable bonds is 5. The maximum absolute atomic E-state index is 5.89. The van der Waals surface area contributed by atoms with Crippen molar-refractivity contribution in [1.82, 2.24) is 4.90 Å². The molecule has 2 unspecified atom stereocenters. The summed E-state index contributed by atoms with van der Waals surface area (Å²) in [6.45, 7) is 8.34. The summed E-state index contributed by atoms with van der Waals surface area (Å²) in [5, 5.41) is 0. The molecule has 0 aromatic carbocycles. The van der Waals surface area contributed by atoms with E-state index in [1.807, 2.05) is 0 Å². The molecule has 1 saturated heterocycles. The maximum atomic E-state index is 5.89. The molecule has 3 heteroatoms. The third-order valence-corrected chi connectivity index (χ3v) is 3.64. The Bertz CT molecular complexity index is 279. The van der Waals surface area contributed by atoms with Gasteiger partial charge in [-0.3, -0.25) is 4.90 Å².